The molecule has 2 aromatic rings. The zero-order chi connectivity index (χ0) is 18.0. The van der Waals surface area contributed by atoms with Crippen LogP contribution in [0.25, 0.3) is 0 Å². The highest BCUT2D eigenvalue weighted by Crippen LogP contribution is 2.27. The van der Waals surface area contributed by atoms with Crippen LogP contribution in [0.5, 0.6) is 0 Å². The van der Waals surface area contributed by atoms with Crippen molar-refractivity contribution in [2.75, 3.05) is 23.7 Å². The molecule has 0 fully saturated rings. The van der Waals surface area contributed by atoms with Crippen molar-refractivity contribution in [1.29, 1.82) is 0 Å². The van der Waals surface area contributed by atoms with E-state index in [0.717, 1.165) is 6.07 Å². The summed E-state index contributed by atoms with van der Waals surface area (Å²) < 4.78 is 27.8. The van der Waals surface area contributed by atoms with Gasteiger partial charge in [0.25, 0.3) is 5.69 Å². The van der Waals surface area contributed by atoms with Gasteiger partial charge in [0.2, 0.25) is 16.0 Å². The summed E-state index contributed by atoms with van der Waals surface area (Å²) in [5, 5.41) is 17.0. The molecule has 3 N–H and O–H groups in total. The van der Waals surface area contributed by atoms with Crippen LogP contribution in [0, 0.1) is 10.1 Å². The predicted molar refractivity (Wildman–Crippen MR) is 94.4 cm³/mol. The average molecular weight is 429 g/mol. The van der Waals surface area contributed by atoms with E-state index in [0.29, 0.717) is 23.3 Å². The van der Waals surface area contributed by atoms with E-state index in [-0.39, 0.29) is 28.8 Å². The molecule has 0 aliphatic carbocycles. The lowest BCUT2D eigenvalue weighted by atomic mass is 10.3. The summed E-state index contributed by atoms with van der Waals surface area (Å²) in [5.41, 5.74) is -0.155. The highest BCUT2D eigenvalue weighted by Gasteiger charge is 2.20. The molecule has 12 heteroatoms. The fourth-order valence-electron chi connectivity index (χ4n) is 2.18. The standard InChI is InChI=1S/C13H13BrN6O4S/c14-11-7-16-13-18-8-4-9(20(21)22)6-10(5-8)25(23,24)17-3-1-2-15-12(11)19-13/h4-7,17H,1-3H2,(H2,15,16,18,19). The molecule has 10 nitrogen and oxygen atoms in total. The summed E-state index contributed by atoms with van der Waals surface area (Å²) in [4.78, 5) is 18.6. The van der Waals surface area contributed by atoms with Crippen molar-refractivity contribution in [2.24, 2.45) is 0 Å². The van der Waals surface area contributed by atoms with E-state index < -0.39 is 14.9 Å². The number of anilines is 3. The van der Waals surface area contributed by atoms with E-state index in [2.05, 4.69) is 41.3 Å². The van der Waals surface area contributed by atoms with Crippen LogP contribution >= 0.6 is 15.9 Å². The van der Waals surface area contributed by atoms with Crippen LogP contribution < -0.4 is 15.4 Å². The summed E-state index contributed by atoms with van der Waals surface area (Å²) >= 11 is 3.33. The zero-order valence-electron chi connectivity index (χ0n) is 12.7. The molecule has 25 heavy (non-hydrogen) atoms. The van der Waals surface area contributed by atoms with Crippen molar-refractivity contribution in [1.82, 2.24) is 14.7 Å². The van der Waals surface area contributed by atoms with Gasteiger partial charge in [0, 0.05) is 37.1 Å². The minimum absolute atomic E-state index is 0.177. The second-order valence-corrected chi connectivity index (χ2v) is 7.79. The van der Waals surface area contributed by atoms with Crippen LogP contribution in [0.1, 0.15) is 6.42 Å². The summed E-state index contributed by atoms with van der Waals surface area (Å²) in [6.07, 6.45) is 2.03. The van der Waals surface area contributed by atoms with Crippen molar-refractivity contribution in [2.45, 2.75) is 11.3 Å². The molecule has 0 atom stereocenters. The molecule has 4 bridgehead atoms. The maximum Gasteiger partial charge on any atom is 0.272 e. The Balaban J connectivity index is 2.12. The van der Waals surface area contributed by atoms with Gasteiger partial charge in [-0.2, -0.15) is 4.98 Å². The maximum atomic E-state index is 12.4. The number of non-ortho nitro benzene ring substituents is 1. The number of benzene rings is 1. The largest absolute Gasteiger partial charge is 0.369 e. The topological polar surface area (TPSA) is 139 Å². The fourth-order valence-corrected chi connectivity index (χ4v) is 3.65. The van der Waals surface area contributed by atoms with E-state index in [9.17, 15) is 18.5 Å². The number of hydrogen-bond acceptors (Lipinski definition) is 8. The van der Waals surface area contributed by atoms with Crippen LogP contribution in [0.15, 0.2) is 33.8 Å². The molecular weight excluding hydrogens is 416 g/mol. The molecule has 0 amide bonds. The van der Waals surface area contributed by atoms with E-state index in [1.165, 1.54) is 18.3 Å². The third-order valence-corrected chi connectivity index (χ3v) is 5.37. The minimum atomic E-state index is -3.87. The first-order chi connectivity index (χ1) is 11.8. The summed E-state index contributed by atoms with van der Waals surface area (Å²) in [6.45, 7) is 0.658. The summed E-state index contributed by atoms with van der Waals surface area (Å²) in [6, 6.07) is 3.53. The number of nitrogens with one attached hydrogen (secondary N) is 3. The van der Waals surface area contributed by atoms with Crippen LogP contribution in [0.3, 0.4) is 0 Å². The maximum absolute atomic E-state index is 12.4. The van der Waals surface area contributed by atoms with Crippen LogP contribution in [-0.2, 0) is 10.0 Å². The Hall–Kier alpha value is -2.31. The SMILES string of the molecule is O=[N+]([O-])c1cc2cc(c1)S(=O)(=O)NCCCNc1nc(ncc1Br)N2. The molecule has 1 aliphatic rings. The third-order valence-electron chi connectivity index (χ3n) is 3.35. The van der Waals surface area contributed by atoms with Gasteiger partial charge >= 0.3 is 0 Å². The van der Waals surface area contributed by atoms with Crippen molar-refractivity contribution in [3.05, 3.63) is 39.0 Å². The molecule has 0 spiro atoms. The van der Waals surface area contributed by atoms with E-state index in [1.54, 1.807) is 0 Å². The van der Waals surface area contributed by atoms with Gasteiger partial charge in [-0.05, 0) is 28.4 Å². The highest BCUT2D eigenvalue weighted by molar-refractivity contribution is 9.10. The number of nitrogens with zero attached hydrogens (tertiary/aromatic N) is 3. The lowest BCUT2D eigenvalue weighted by Crippen LogP contribution is -2.26. The number of fused-ring (bicyclic) bond motifs is 4. The van der Waals surface area contributed by atoms with E-state index >= 15 is 0 Å². The number of nitro groups is 1. The number of hydrogen-bond donors (Lipinski definition) is 3. The van der Waals surface area contributed by atoms with Gasteiger partial charge in [0.15, 0.2) is 0 Å². The minimum Gasteiger partial charge on any atom is -0.369 e. The average Bonchev–Trinajstić information content (AvgIpc) is 2.56. The van der Waals surface area contributed by atoms with E-state index in [4.69, 9.17) is 0 Å². The number of sulfonamides is 1. The van der Waals surface area contributed by atoms with Gasteiger partial charge < -0.3 is 10.6 Å². The van der Waals surface area contributed by atoms with E-state index in [1.807, 2.05) is 0 Å². The molecule has 3 rings (SSSR count). The summed E-state index contributed by atoms with van der Waals surface area (Å²) in [5.74, 6) is 0.715. The molecule has 1 aromatic carbocycles. The first kappa shape index (κ1) is 17.5. The molecule has 132 valence electrons. The predicted octanol–water partition coefficient (Wildman–Crippen LogP) is 1.98. The molecule has 0 saturated heterocycles. The summed E-state index contributed by atoms with van der Waals surface area (Å²) in [7, 11) is -3.87. The lowest BCUT2D eigenvalue weighted by molar-refractivity contribution is -0.385. The Labute approximate surface area is 151 Å². The van der Waals surface area contributed by atoms with Gasteiger partial charge in [-0.1, -0.05) is 0 Å². The smallest absolute Gasteiger partial charge is 0.272 e. The van der Waals surface area contributed by atoms with Crippen molar-refractivity contribution in [3.63, 3.8) is 0 Å². The Kier molecular flexibility index (Phi) is 4.83. The second kappa shape index (κ2) is 6.90. The molecule has 0 radical (unpaired) electrons. The van der Waals surface area contributed by atoms with Gasteiger partial charge in [-0.25, -0.2) is 18.1 Å². The molecule has 0 saturated carbocycles. The zero-order valence-corrected chi connectivity index (χ0v) is 15.1. The first-order valence-electron chi connectivity index (χ1n) is 7.18. The third kappa shape index (κ3) is 4.03. The van der Waals surface area contributed by atoms with Gasteiger partial charge in [-0.3, -0.25) is 10.1 Å². The molecule has 2 heterocycles. The van der Waals surface area contributed by atoms with Gasteiger partial charge in [0.05, 0.1) is 14.3 Å². The number of halogens is 1. The number of aromatic nitrogens is 2. The lowest BCUT2D eigenvalue weighted by Gasteiger charge is -2.09. The monoisotopic (exact) mass is 428 g/mol. The molecular formula is C13H13BrN6O4S. The van der Waals surface area contributed by atoms with Crippen molar-refractivity contribution >= 4 is 49.1 Å². The second-order valence-electron chi connectivity index (χ2n) is 5.17. The normalized spacial score (nSPS) is 16.4. The Morgan fingerprint density at radius 3 is 2.80 bits per heavy atom. The van der Waals surface area contributed by atoms with Gasteiger partial charge in [-0.15, -0.1) is 0 Å². The molecule has 1 aromatic heterocycles. The highest BCUT2D eigenvalue weighted by atomic mass is 79.9. The van der Waals surface area contributed by atoms with Crippen LogP contribution in [0.2, 0.25) is 0 Å². The van der Waals surface area contributed by atoms with Crippen molar-refractivity contribution < 1.29 is 13.3 Å². The quantitative estimate of drug-likeness (QED) is 0.462. The van der Waals surface area contributed by atoms with Gasteiger partial charge in [0.1, 0.15) is 5.82 Å². The Bertz CT molecular complexity index is 936. The van der Waals surface area contributed by atoms with Crippen LogP contribution in [-0.4, -0.2) is 36.4 Å². The number of rotatable bonds is 1. The molecule has 1 aliphatic heterocycles. The van der Waals surface area contributed by atoms with Crippen molar-refractivity contribution in [3.8, 4) is 0 Å². The first-order valence-corrected chi connectivity index (χ1v) is 9.45. The number of nitro benzene ring substituents is 1. The Morgan fingerprint density at radius 2 is 2.04 bits per heavy atom. The van der Waals surface area contributed by atoms with Crippen LogP contribution in [0.4, 0.5) is 23.1 Å². The Morgan fingerprint density at radius 1 is 1.24 bits per heavy atom. The fraction of sp³-hybridized carbons (Fsp3) is 0.231. The molecule has 0 unspecified atom stereocenters.